The van der Waals surface area contributed by atoms with E-state index in [2.05, 4.69) is 10.3 Å². The molecule has 2 N–H and O–H groups in total. The maximum atomic E-state index is 13.7. The van der Waals surface area contributed by atoms with E-state index in [-0.39, 0.29) is 31.1 Å². The highest BCUT2D eigenvalue weighted by atomic mass is 19.4. The number of urea groups is 1. The molecule has 0 radical (unpaired) electrons. The van der Waals surface area contributed by atoms with E-state index in [1.165, 1.54) is 12.1 Å². The normalized spacial score (nSPS) is 13.3. The summed E-state index contributed by atoms with van der Waals surface area (Å²) in [6.45, 7) is 4.34. The molecule has 0 saturated heterocycles. The fourth-order valence-electron chi connectivity index (χ4n) is 4.92. The molecule has 0 bridgehead atoms. The number of alkyl halides is 3. The van der Waals surface area contributed by atoms with E-state index in [0.717, 1.165) is 52.6 Å². The van der Waals surface area contributed by atoms with Crippen molar-refractivity contribution in [2.75, 3.05) is 18.4 Å². The zero-order chi connectivity index (χ0) is 29.1. The van der Waals surface area contributed by atoms with Crippen molar-refractivity contribution < 1.29 is 22.8 Å². The average molecular weight is 563 g/mol. The Labute approximate surface area is 237 Å². The summed E-state index contributed by atoms with van der Waals surface area (Å²) in [7, 11) is 0. The van der Waals surface area contributed by atoms with E-state index >= 15 is 0 Å². The van der Waals surface area contributed by atoms with Crippen LogP contribution >= 0.6 is 0 Å². The first-order chi connectivity index (χ1) is 19.6. The first-order valence-corrected chi connectivity index (χ1v) is 13.7. The standard InChI is InChI=1S/C32H33F3N4O2/c1-21-7-12-26(17-22(21)2)37-31(41)39(27-13-14-27)20-30(40)38(19-23-8-10-25(11-9-23)32(33,34)35)16-15-24-18-36-29-6-4-3-5-28(24)29/h3-12,17-18,27,36H,13-16,19-20H2,1-2H3,(H,37,41). The molecule has 6 nitrogen and oxygen atoms in total. The van der Waals surface area contributed by atoms with Crippen molar-refractivity contribution >= 4 is 28.5 Å². The summed E-state index contributed by atoms with van der Waals surface area (Å²) in [5, 5.41) is 3.98. The number of aromatic amines is 1. The van der Waals surface area contributed by atoms with Gasteiger partial charge in [0.2, 0.25) is 5.91 Å². The first-order valence-electron chi connectivity index (χ1n) is 13.7. The molecule has 4 aromatic rings. The number of aryl methyl sites for hydroxylation is 2. The van der Waals surface area contributed by atoms with Crippen LogP contribution in [-0.2, 0) is 23.9 Å². The van der Waals surface area contributed by atoms with Gasteiger partial charge in [-0.2, -0.15) is 13.2 Å². The largest absolute Gasteiger partial charge is 0.416 e. The summed E-state index contributed by atoms with van der Waals surface area (Å²) >= 11 is 0. The van der Waals surface area contributed by atoms with E-state index < -0.39 is 11.7 Å². The number of amides is 3. The molecular weight excluding hydrogens is 529 g/mol. The summed E-state index contributed by atoms with van der Waals surface area (Å²) in [4.78, 5) is 33.4. The van der Waals surface area contributed by atoms with Gasteiger partial charge in [-0.25, -0.2) is 4.79 Å². The van der Waals surface area contributed by atoms with E-state index in [1.807, 2.05) is 62.5 Å². The molecule has 3 amide bonds. The predicted octanol–water partition coefficient (Wildman–Crippen LogP) is 7.07. The molecule has 1 fully saturated rings. The molecular formula is C32H33F3N4O2. The molecule has 3 aromatic carbocycles. The quantitative estimate of drug-likeness (QED) is 0.229. The molecule has 214 valence electrons. The third kappa shape index (κ3) is 6.90. The number of carbonyl (C=O) groups excluding carboxylic acids is 2. The molecule has 1 aliphatic carbocycles. The molecule has 0 atom stereocenters. The van der Waals surface area contributed by atoms with Crippen molar-refractivity contribution in [3.8, 4) is 0 Å². The Balaban J connectivity index is 1.33. The van der Waals surface area contributed by atoms with Crippen molar-refractivity contribution in [1.29, 1.82) is 0 Å². The van der Waals surface area contributed by atoms with Crippen LogP contribution < -0.4 is 5.32 Å². The number of nitrogens with one attached hydrogen (secondary N) is 2. The number of anilines is 1. The van der Waals surface area contributed by atoms with E-state index in [0.29, 0.717) is 24.2 Å². The first kappa shape index (κ1) is 28.3. The van der Waals surface area contributed by atoms with Gasteiger partial charge in [0.1, 0.15) is 6.54 Å². The van der Waals surface area contributed by atoms with Crippen molar-refractivity contribution in [2.45, 2.75) is 51.9 Å². The van der Waals surface area contributed by atoms with Crippen LogP contribution in [0, 0.1) is 13.8 Å². The molecule has 1 heterocycles. The summed E-state index contributed by atoms with van der Waals surface area (Å²) in [5.41, 5.74) is 4.72. The molecule has 1 saturated carbocycles. The van der Waals surface area contributed by atoms with Crippen LogP contribution in [0.4, 0.5) is 23.7 Å². The van der Waals surface area contributed by atoms with Crippen LogP contribution in [0.25, 0.3) is 10.9 Å². The minimum atomic E-state index is -4.43. The predicted molar refractivity (Wildman–Crippen MR) is 154 cm³/mol. The van der Waals surface area contributed by atoms with Gasteiger partial charge in [0.25, 0.3) is 0 Å². The third-order valence-corrected chi connectivity index (χ3v) is 7.65. The number of nitrogens with zero attached hydrogens (tertiary/aromatic N) is 2. The zero-order valence-corrected chi connectivity index (χ0v) is 23.1. The second-order valence-electron chi connectivity index (χ2n) is 10.7. The fourth-order valence-corrected chi connectivity index (χ4v) is 4.92. The maximum Gasteiger partial charge on any atom is 0.416 e. The second kappa shape index (κ2) is 11.7. The number of hydrogen-bond donors (Lipinski definition) is 2. The van der Waals surface area contributed by atoms with Crippen LogP contribution in [0.5, 0.6) is 0 Å². The van der Waals surface area contributed by atoms with Gasteiger partial charge in [-0.05, 0) is 85.7 Å². The number of para-hydroxylation sites is 1. The molecule has 9 heteroatoms. The highest BCUT2D eigenvalue weighted by Crippen LogP contribution is 2.30. The van der Waals surface area contributed by atoms with Crippen molar-refractivity contribution in [3.05, 3.63) is 101 Å². The Morgan fingerprint density at radius 3 is 2.39 bits per heavy atom. The van der Waals surface area contributed by atoms with Gasteiger partial charge >= 0.3 is 12.2 Å². The number of aromatic nitrogens is 1. The molecule has 0 aliphatic heterocycles. The van der Waals surface area contributed by atoms with Gasteiger partial charge < -0.3 is 20.1 Å². The smallest absolute Gasteiger partial charge is 0.361 e. The Bertz CT molecular complexity index is 1540. The van der Waals surface area contributed by atoms with E-state index in [9.17, 15) is 22.8 Å². The number of rotatable bonds is 9. The minimum Gasteiger partial charge on any atom is -0.361 e. The third-order valence-electron chi connectivity index (χ3n) is 7.65. The van der Waals surface area contributed by atoms with Crippen LogP contribution in [0.3, 0.4) is 0 Å². The minimum absolute atomic E-state index is 0.0213. The van der Waals surface area contributed by atoms with Gasteiger partial charge in [-0.15, -0.1) is 0 Å². The number of hydrogen-bond acceptors (Lipinski definition) is 2. The van der Waals surface area contributed by atoms with Crippen molar-refractivity contribution in [1.82, 2.24) is 14.8 Å². The Kier molecular flexibility index (Phi) is 8.06. The molecule has 5 rings (SSSR count). The maximum absolute atomic E-state index is 13.7. The Morgan fingerprint density at radius 2 is 1.71 bits per heavy atom. The molecule has 0 unspecified atom stereocenters. The summed E-state index contributed by atoms with van der Waals surface area (Å²) < 4.78 is 39.3. The van der Waals surface area contributed by atoms with Gasteiger partial charge in [0, 0.05) is 41.9 Å². The number of benzene rings is 3. The van der Waals surface area contributed by atoms with E-state index in [4.69, 9.17) is 0 Å². The fraction of sp³-hybridized carbons (Fsp3) is 0.312. The highest BCUT2D eigenvalue weighted by molar-refractivity contribution is 5.93. The lowest BCUT2D eigenvalue weighted by atomic mass is 10.1. The number of halogens is 3. The average Bonchev–Trinajstić information content (AvgIpc) is 3.70. The van der Waals surface area contributed by atoms with Crippen molar-refractivity contribution in [2.24, 2.45) is 0 Å². The monoisotopic (exact) mass is 562 g/mol. The van der Waals surface area contributed by atoms with Crippen LogP contribution in [0.15, 0.2) is 72.9 Å². The summed E-state index contributed by atoms with van der Waals surface area (Å²) in [6.07, 6.45) is -0.325. The SMILES string of the molecule is Cc1ccc(NC(=O)N(CC(=O)N(CCc2c[nH]c3ccccc23)Cc2ccc(C(F)(F)F)cc2)C2CC2)cc1C. The van der Waals surface area contributed by atoms with Gasteiger partial charge in [-0.1, -0.05) is 36.4 Å². The lowest BCUT2D eigenvalue weighted by Crippen LogP contribution is -2.45. The molecule has 1 aliphatic rings. The van der Waals surface area contributed by atoms with Crippen molar-refractivity contribution in [3.63, 3.8) is 0 Å². The Morgan fingerprint density at radius 1 is 0.976 bits per heavy atom. The lowest BCUT2D eigenvalue weighted by molar-refractivity contribution is -0.137. The van der Waals surface area contributed by atoms with Gasteiger partial charge in [-0.3, -0.25) is 4.79 Å². The van der Waals surface area contributed by atoms with Crippen LogP contribution in [-0.4, -0.2) is 45.9 Å². The number of carbonyl (C=O) groups is 2. The zero-order valence-electron chi connectivity index (χ0n) is 23.1. The number of fused-ring (bicyclic) bond motifs is 1. The van der Waals surface area contributed by atoms with E-state index in [1.54, 1.807) is 9.80 Å². The van der Waals surface area contributed by atoms with Crippen LogP contribution in [0.1, 0.15) is 40.7 Å². The van der Waals surface area contributed by atoms with Gasteiger partial charge in [0.05, 0.1) is 5.56 Å². The van der Waals surface area contributed by atoms with Gasteiger partial charge in [0.15, 0.2) is 0 Å². The lowest BCUT2D eigenvalue weighted by Gasteiger charge is -2.28. The molecule has 41 heavy (non-hydrogen) atoms. The molecule has 0 spiro atoms. The summed E-state index contributed by atoms with van der Waals surface area (Å²) in [6, 6.07) is 18.1. The van der Waals surface area contributed by atoms with Crippen LogP contribution in [0.2, 0.25) is 0 Å². The number of H-pyrrole nitrogens is 1. The highest BCUT2D eigenvalue weighted by Gasteiger charge is 2.35. The topological polar surface area (TPSA) is 68.4 Å². The second-order valence-corrected chi connectivity index (χ2v) is 10.7. The molecule has 1 aromatic heterocycles. The Hall–Kier alpha value is -4.27. The summed E-state index contributed by atoms with van der Waals surface area (Å²) in [5.74, 6) is -0.258.